The molecule has 3 aromatic rings. The third-order valence-corrected chi connectivity index (χ3v) is 8.11. The van der Waals surface area contributed by atoms with Crippen molar-refractivity contribution in [3.8, 4) is 0 Å². The highest BCUT2D eigenvalue weighted by Gasteiger charge is 2.33. The van der Waals surface area contributed by atoms with Crippen LogP contribution < -0.4 is 5.63 Å². The van der Waals surface area contributed by atoms with Gasteiger partial charge in [-0.05, 0) is 56.9 Å². The van der Waals surface area contributed by atoms with Gasteiger partial charge in [0.1, 0.15) is 16.9 Å². The van der Waals surface area contributed by atoms with E-state index in [9.17, 15) is 18.0 Å². The quantitative estimate of drug-likeness (QED) is 0.592. The minimum atomic E-state index is -3.11. The number of aryl methyl sites for hydroxylation is 4. The zero-order valence-electron chi connectivity index (χ0n) is 17.8. The summed E-state index contributed by atoms with van der Waals surface area (Å²) in [5.74, 6) is 0.542. The van der Waals surface area contributed by atoms with Crippen LogP contribution in [-0.2, 0) is 21.1 Å². The molecule has 0 bridgehead atoms. The first-order valence-corrected chi connectivity index (χ1v) is 11.7. The van der Waals surface area contributed by atoms with Crippen LogP contribution in [0.4, 0.5) is 0 Å². The molecule has 1 atom stereocenters. The van der Waals surface area contributed by atoms with E-state index in [1.54, 1.807) is 14.0 Å². The Morgan fingerprint density at radius 3 is 2.47 bits per heavy atom. The van der Waals surface area contributed by atoms with Crippen LogP contribution in [0, 0.1) is 27.7 Å². The molecule has 8 heteroatoms. The largest absolute Gasteiger partial charge is 0.460 e. The SMILES string of the molecule is Cc1oc2c(c(C)cc3oc(=O)c(CC(=O)N(C)[C@H]4CCS(=O)(=O)C4)c(C)c32)c1C. The molecule has 0 spiro atoms. The highest BCUT2D eigenvalue weighted by Crippen LogP contribution is 2.36. The number of likely N-dealkylation sites (N-methyl/N-ethyl adjacent to an activating group) is 1. The lowest BCUT2D eigenvalue weighted by molar-refractivity contribution is -0.130. The first kappa shape index (κ1) is 20.7. The topological polar surface area (TPSA) is 97.8 Å². The average molecular weight is 432 g/mol. The first-order valence-electron chi connectivity index (χ1n) is 9.92. The maximum Gasteiger partial charge on any atom is 0.340 e. The summed E-state index contributed by atoms with van der Waals surface area (Å²) in [4.78, 5) is 27.0. The van der Waals surface area contributed by atoms with Gasteiger partial charge in [0.25, 0.3) is 0 Å². The van der Waals surface area contributed by atoms with Gasteiger partial charge in [0, 0.05) is 18.5 Å². The highest BCUT2D eigenvalue weighted by atomic mass is 32.2. The summed E-state index contributed by atoms with van der Waals surface area (Å²) in [6.07, 6.45) is 0.270. The molecule has 0 saturated carbocycles. The number of nitrogens with zero attached hydrogens (tertiary/aromatic N) is 1. The Bertz CT molecular complexity index is 1360. The van der Waals surface area contributed by atoms with Crippen molar-refractivity contribution in [3.05, 3.63) is 44.5 Å². The van der Waals surface area contributed by atoms with Crippen molar-refractivity contribution in [1.82, 2.24) is 4.90 Å². The van der Waals surface area contributed by atoms with Crippen LogP contribution in [0.3, 0.4) is 0 Å². The van der Waals surface area contributed by atoms with Gasteiger partial charge in [-0.25, -0.2) is 13.2 Å². The average Bonchev–Trinajstić information content (AvgIpc) is 3.17. The summed E-state index contributed by atoms with van der Waals surface area (Å²) < 4.78 is 35.1. The molecule has 0 N–H and O–H groups in total. The summed E-state index contributed by atoms with van der Waals surface area (Å²) in [6.45, 7) is 7.62. The van der Waals surface area contributed by atoms with Gasteiger partial charge in [0.05, 0.1) is 28.9 Å². The normalized spacial score (nSPS) is 18.4. The van der Waals surface area contributed by atoms with Crippen molar-refractivity contribution in [3.63, 3.8) is 0 Å². The van der Waals surface area contributed by atoms with Crippen molar-refractivity contribution >= 4 is 37.7 Å². The predicted molar refractivity (Wildman–Crippen MR) is 115 cm³/mol. The van der Waals surface area contributed by atoms with E-state index in [-0.39, 0.29) is 35.4 Å². The molecule has 1 aliphatic rings. The third-order valence-electron chi connectivity index (χ3n) is 6.35. The number of benzene rings is 1. The van der Waals surface area contributed by atoms with Gasteiger partial charge in [-0.2, -0.15) is 0 Å². The lowest BCUT2D eigenvalue weighted by Crippen LogP contribution is -2.39. The van der Waals surface area contributed by atoms with E-state index in [2.05, 4.69) is 0 Å². The van der Waals surface area contributed by atoms with Gasteiger partial charge in [0.2, 0.25) is 5.91 Å². The van der Waals surface area contributed by atoms with Crippen molar-refractivity contribution in [2.75, 3.05) is 18.6 Å². The minimum Gasteiger partial charge on any atom is -0.460 e. The lowest BCUT2D eigenvalue weighted by atomic mass is 9.98. The molecule has 0 aliphatic carbocycles. The molecule has 0 radical (unpaired) electrons. The summed E-state index contributed by atoms with van der Waals surface area (Å²) in [5, 5.41) is 1.68. The number of sulfone groups is 1. The molecule has 1 amide bonds. The zero-order chi connectivity index (χ0) is 22.0. The number of amides is 1. The van der Waals surface area contributed by atoms with E-state index in [1.165, 1.54) is 4.90 Å². The predicted octanol–water partition coefficient (Wildman–Crippen LogP) is 2.96. The molecule has 7 nitrogen and oxygen atoms in total. The van der Waals surface area contributed by atoms with E-state index in [1.807, 2.05) is 26.8 Å². The van der Waals surface area contributed by atoms with E-state index in [4.69, 9.17) is 8.83 Å². The summed E-state index contributed by atoms with van der Waals surface area (Å²) in [5.41, 5.74) is 3.46. The molecule has 30 heavy (non-hydrogen) atoms. The molecule has 1 fully saturated rings. The van der Waals surface area contributed by atoms with Gasteiger partial charge in [0.15, 0.2) is 9.84 Å². The number of hydrogen-bond acceptors (Lipinski definition) is 6. The van der Waals surface area contributed by atoms with Crippen LogP contribution in [0.1, 0.15) is 34.4 Å². The maximum atomic E-state index is 12.9. The zero-order valence-corrected chi connectivity index (χ0v) is 18.6. The van der Waals surface area contributed by atoms with Crippen molar-refractivity contribution in [2.45, 2.75) is 46.6 Å². The fraction of sp³-hybridized carbons (Fsp3) is 0.455. The van der Waals surface area contributed by atoms with Crippen LogP contribution in [0.25, 0.3) is 21.9 Å². The number of hydrogen-bond donors (Lipinski definition) is 0. The third kappa shape index (κ3) is 3.23. The van der Waals surface area contributed by atoms with E-state index >= 15 is 0 Å². The Labute approximate surface area is 174 Å². The highest BCUT2D eigenvalue weighted by molar-refractivity contribution is 7.91. The Morgan fingerprint density at radius 2 is 1.83 bits per heavy atom. The summed E-state index contributed by atoms with van der Waals surface area (Å²) in [6, 6.07) is 1.47. The lowest BCUT2D eigenvalue weighted by Gasteiger charge is -2.23. The van der Waals surface area contributed by atoms with Crippen molar-refractivity contribution < 1.29 is 22.0 Å². The molecule has 0 unspecified atom stereocenters. The number of rotatable bonds is 3. The van der Waals surface area contributed by atoms with Gasteiger partial charge in [-0.3, -0.25) is 4.79 Å². The van der Waals surface area contributed by atoms with Crippen molar-refractivity contribution in [1.29, 1.82) is 0 Å². The molecule has 4 rings (SSSR count). The summed E-state index contributed by atoms with van der Waals surface area (Å²) >= 11 is 0. The maximum absolute atomic E-state index is 12.9. The van der Waals surface area contributed by atoms with E-state index < -0.39 is 15.5 Å². The molecular formula is C22H25NO6S. The Balaban J connectivity index is 1.79. The fourth-order valence-electron chi connectivity index (χ4n) is 4.40. The van der Waals surface area contributed by atoms with Gasteiger partial charge in [-0.15, -0.1) is 0 Å². The monoisotopic (exact) mass is 431 g/mol. The number of carbonyl (C=O) groups excluding carboxylic acids is 1. The van der Waals surface area contributed by atoms with Gasteiger partial charge >= 0.3 is 5.63 Å². The number of furan rings is 1. The van der Waals surface area contributed by atoms with Crippen LogP contribution >= 0.6 is 0 Å². The smallest absolute Gasteiger partial charge is 0.340 e. The fourth-order valence-corrected chi connectivity index (χ4v) is 6.17. The van der Waals surface area contributed by atoms with Gasteiger partial charge < -0.3 is 13.7 Å². The molecule has 2 aromatic heterocycles. The molecule has 160 valence electrons. The molecule has 1 aromatic carbocycles. The van der Waals surface area contributed by atoms with Crippen LogP contribution in [0.2, 0.25) is 0 Å². The van der Waals surface area contributed by atoms with E-state index in [0.29, 0.717) is 28.5 Å². The molecule has 1 aliphatic heterocycles. The molecular weight excluding hydrogens is 406 g/mol. The van der Waals surface area contributed by atoms with E-state index in [0.717, 1.165) is 22.3 Å². The first-order chi connectivity index (χ1) is 14.0. The molecule has 1 saturated heterocycles. The number of carbonyl (C=O) groups is 1. The summed E-state index contributed by atoms with van der Waals surface area (Å²) in [7, 11) is -1.52. The second-order valence-corrected chi connectivity index (χ2v) is 10.5. The Kier molecular flexibility index (Phi) is 4.80. The van der Waals surface area contributed by atoms with Crippen LogP contribution in [-0.4, -0.2) is 43.8 Å². The van der Waals surface area contributed by atoms with Crippen LogP contribution in [0.5, 0.6) is 0 Å². The minimum absolute atomic E-state index is 0.0363. The number of fused-ring (bicyclic) bond motifs is 3. The Hall–Kier alpha value is -2.61. The second-order valence-electron chi connectivity index (χ2n) is 8.29. The van der Waals surface area contributed by atoms with Crippen LogP contribution in [0.15, 0.2) is 19.7 Å². The Morgan fingerprint density at radius 1 is 1.13 bits per heavy atom. The second kappa shape index (κ2) is 6.97. The molecule has 3 heterocycles. The van der Waals surface area contributed by atoms with Gasteiger partial charge in [-0.1, -0.05) is 0 Å². The standard InChI is InChI=1S/C22H25NO6S/c1-11-8-17-20(21-19(11)12(2)14(4)28-21)13(3)16(22(25)29-17)9-18(24)23(5)15-6-7-30(26,27)10-15/h8,15H,6-7,9-10H2,1-5H3/t15-/m0/s1. The van der Waals surface area contributed by atoms with Crippen molar-refractivity contribution in [2.24, 2.45) is 0 Å².